The summed E-state index contributed by atoms with van der Waals surface area (Å²) in [7, 11) is 1.77. The van der Waals surface area contributed by atoms with Crippen LogP contribution in [0.4, 0.5) is 0 Å². The van der Waals surface area contributed by atoms with Crippen LogP contribution in [0.5, 0.6) is 0 Å². The fourth-order valence-corrected chi connectivity index (χ4v) is 1.77. The molecule has 1 aromatic rings. The van der Waals surface area contributed by atoms with E-state index >= 15 is 0 Å². The lowest BCUT2D eigenvalue weighted by atomic mass is 9.92. The molecule has 6 heteroatoms. The molecular weight excluding hydrogens is 226 g/mol. The number of nitrogens with zero attached hydrogens (tertiary/aromatic N) is 2. The molecule has 0 spiro atoms. The minimum absolute atomic E-state index is 0.0216. The van der Waals surface area contributed by atoms with E-state index in [0.717, 1.165) is 0 Å². The van der Waals surface area contributed by atoms with Gasteiger partial charge < -0.3 is 14.8 Å². The predicted molar refractivity (Wildman–Crippen MR) is 62.3 cm³/mol. The van der Waals surface area contributed by atoms with Crippen molar-refractivity contribution in [3.05, 3.63) is 28.5 Å². The van der Waals surface area contributed by atoms with Crippen LogP contribution in [0.3, 0.4) is 0 Å². The largest absolute Gasteiger partial charge is 0.507 e. The van der Waals surface area contributed by atoms with Gasteiger partial charge in [0.25, 0.3) is 0 Å². The summed E-state index contributed by atoms with van der Waals surface area (Å²) in [6.45, 7) is 1.64. The Balaban J connectivity index is 2.46. The standard InChI is InChI=1S/C10H13N3O2S/c1-10(15)4-3-6(7(14)5-10)8-11-12-9(16)13(8)2/h3,5,14-15H,4H2,1-2H3,(H,12,16). The molecule has 0 fully saturated rings. The van der Waals surface area contributed by atoms with E-state index in [0.29, 0.717) is 22.6 Å². The van der Waals surface area contributed by atoms with Gasteiger partial charge in [0.05, 0.1) is 11.2 Å². The third-order valence-electron chi connectivity index (χ3n) is 2.56. The molecule has 1 aliphatic carbocycles. The van der Waals surface area contributed by atoms with Gasteiger partial charge in [-0.2, -0.15) is 5.10 Å². The van der Waals surface area contributed by atoms with Crippen molar-refractivity contribution < 1.29 is 10.2 Å². The Morgan fingerprint density at radius 3 is 2.81 bits per heavy atom. The van der Waals surface area contributed by atoms with Crippen molar-refractivity contribution in [1.82, 2.24) is 14.8 Å². The first-order valence-electron chi connectivity index (χ1n) is 4.87. The Labute approximate surface area is 97.7 Å². The van der Waals surface area contributed by atoms with Crippen LogP contribution in [-0.2, 0) is 7.05 Å². The van der Waals surface area contributed by atoms with Crippen LogP contribution in [0.1, 0.15) is 19.2 Å². The van der Waals surface area contributed by atoms with Crippen LogP contribution in [0, 0.1) is 4.77 Å². The Morgan fingerprint density at radius 1 is 1.62 bits per heavy atom. The van der Waals surface area contributed by atoms with E-state index in [-0.39, 0.29) is 5.76 Å². The number of aliphatic hydroxyl groups excluding tert-OH is 1. The first kappa shape index (κ1) is 11.1. The lowest BCUT2D eigenvalue weighted by molar-refractivity contribution is 0.110. The molecule has 5 nitrogen and oxygen atoms in total. The quantitative estimate of drug-likeness (QED) is 0.649. The van der Waals surface area contributed by atoms with Crippen molar-refractivity contribution in [3.63, 3.8) is 0 Å². The summed E-state index contributed by atoms with van der Waals surface area (Å²) in [4.78, 5) is 0. The molecular formula is C10H13N3O2S. The zero-order valence-corrected chi connectivity index (χ0v) is 9.88. The molecule has 0 amide bonds. The van der Waals surface area contributed by atoms with Crippen molar-refractivity contribution in [3.8, 4) is 0 Å². The van der Waals surface area contributed by atoms with Crippen LogP contribution in [0.15, 0.2) is 17.9 Å². The van der Waals surface area contributed by atoms with E-state index in [4.69, 9.17) is 12.2 Å². The number of hydrogen-bond donors (Lipinski definition) is 3. The van der Waals surface area contributed by atoms with Gasteiger partial charge in [0.15, 0.2) is 10.6 Å². The average Bonchev–Trinajstić information content (AvgIpc) is 2.48. The molecule has 1 unspecified atom stereocenters. The molecule has 16 heavy (non-hydrogen) atoms. The summed E-state index contributed by atoms with van der Waals surface area (Å²) < 4.78 is 2.16. The monoisotopic (exact) mass is 239 g/mol. The van der Waals surface area contributed by atoms with E-state index in [1.807, 2.05) is 0 Å². The summed E-state index contributed by atoms with van der Waals surface area (Å²) in [5.74, 6) is 0.586. The highest BCUT2D eigenvalue weighted by Gasteiger charge is 2.25. The van der Waals surface area contributed by atoms with Crippen LogP contribution in [-0.4, -0.2) is 30.6 Å². The number of rotatable bonds is 1. The highest BCUT2D eigenvalue weighted by molar-refractivity contribution is 7.71. The normalized spacial score (nSPS) is 25.2. The smallest absolute Gasteiger partial charge is 0.195 e. The highest BCUT2D eigenvalue weighted by atomic mass is 32.1. The van der Waals surface area contributed by atoms with E-state index in [1.54, 1.807) is 24.6 Å². The zero-order chi connectivity index (χ0) is 11.9. The maximum atomic E-state index is 9.82. The number of allylic oxidation sites excluding steroid dienone is 1. The van der Waals surface area contributed by atoms with Gasteiger partial charge in [-0.15, -0.1) is 0 Å². The summed E-state index contributed by atoms with van der Waals surface area (Å²) in [5, 5.41) is 26.3. The van der Waals surface area contributed by atoms with Gasteiger partial charge in [-0.25, -0.2) is 0 Å². The van der Waals surface area contributed by atoms with Crippen molar-refractivity contribution >= 4 is 17.8 Å². The third kappa shape index (κ3) is 1.81. The van der Waals surface area contributed by atoms with Gasteiger partial charge in [0.2, 0.25) is 0 Å². The fourth-order valence-electron chi connectivity index (χ4n) is 1.64. The topological polar surface area (TPSA) is 74.1 Å². The molecule has 2 rings (SSSR count). The number of nitrogens with one attached hydrogen (secondary N) is 1. The van der Waals surface area contributed by atoms with Crippen LogP contribution < -0.4 is 0 Å². The van der Waals surface area contributed by atoms with Gasteiger partial charge in [0.1, 0.15) is 5.76 Å². The van der Waals surface area contributed by atoms with Gasteiger partial charge in [-0.3, -0.25) is 5.10 Å². The minimum atomic E-state index is -1.00. The summed E-state index contributed by atoms with van der Waals surface area (Å²) in [6, 6.07) is 0. The Kier molecular flexibility index (Phi) is 2.47. The number of hydrogen-bond acceptors (Lipinski definition) is 4. The lowest BCUT2D eigenvalue weighted by Crippen LogP contribution is -2.23. The van der Waals surface area contributed by atoms with Crippen LogP contribution in [0.25, 0.3) is 5.57 Å². The molecule has 86 valence electrons. The fraction of sp³-hybridized carbons (Fsp3) is 0.400. The Hall–Kier alpha value is -1.40. The minimum Gasteiger partial charge on any atom is -0.507 e. The Bertz CT molecular complexity index is 537. The third-order valence-corrected chi connectivity index (χ3v) is 2.93. The van der Waals surface area contributed by atoms with Crippen molar-refractivity contribution in [2.75, 3.05) is 0 Å². The number of aliphatic hydroxyl groups is 2. The second-order valence-electron chi connectivity index (χ2n) is 4.12. The number of H-pyrrole nitrogens is 1. The summed E-state index contributed by atoms with van der Waals surface area (Å²) in [6.07, 6.45) is 3.60. The lowest BCUT2D eigenvalue weighted by Gasteiger charge is -2.22. The molecule has 1 aliphatic rings. The number of aromatic nitrogens is 3. The van der Waals surface area contributed by atoms with Gasteiger partial charge in [-0.05, 0) is 31.6 Å². The summed E-state index contributed by atoms with van der Waals surface area (Å²) in [5.41, 5.74) is -0.416. The maximum Gasteiger partial charge on any atom is 0.195 e. The first-order valence-corrected chi connectivity index (χ1v) is 5.28. The van der Waals surface area contributed by atoms with Gasteiger partial charge in [0, 0.05) is 7.05 Å². The molecule has 1 atom stereocenters. The maximum absolute atomic E-state index is 9.82. The first-order chi connectivity index (χ1) is 7.41. The van der Waals surface area contributed by atoms with Crippen LogP contribution in [0.2, 0.25) is 0 Å². The van der Waals surface area contributed by atoms with Crippen molar-refractivity contribution in [2.24, 2.45) is 7.05 Å². The molecule has 1 heterocycles. The van der Waals surface area contributed by atoms with Gasteiger partial charge in [-0.1, -0.05) is 6.08 Å². The van der Waals surface area contributed by atoms with Crippen molar-refractivity contribution in [2.45, 2.75) is 18.9 Å². The molecule has 0 aromatic carbocycles. The Morgan fingerprint density at radius 2 is 2.31 bits per heavy atom. The van der Waals surface area contributed by atoms with E-state index < -0.39 is 5.60 Å². The SMILES string of the molecule is Cn1c(C2=CCC(C)(O)C=C2O)n[nH]c1=S. The molecule has 0 bridgehead atoms. The number of aromatic amines is 1. The molecule has 0 saturated carbocycles. The average molecular weight is 239 g/mol. The second kappa shape index (κ2) is 3.57. The highest BCUT2D eigenvalue weighted by Crippen LogP contribution is 2.29. The second-order valence-corrected chi connectivity index (χ2v) is 4.51. The van der Waals surface area contributed by atoms with Crippen LogP contribution >= 0.6 is 12.2 Å². The van der Waals surface area contributed by atoms with Gasteiger partial charge >= 0.3 is 0 Å². The van der Waals surface area contributed by atoms with Crippen molar-refractivity contribution in [1.29, 1.82) is 0 Å². The molecule has 0 aliphatic heterocycles. The zero-order valence-electron chi connectivity index (χ0n) is 9.06. The molecule has 0 saturated heterocycles. The summed E-state index contributed by atoms with van der Waals surface area (Å²) >= 11 is 4.99. The predicted octanol–water partition coefficient (Wildman–Crippen LogP) is 1.46. The molecule has 0 radical (unpaired) electrons. The van der Waals surface area contributed by atoms with E-state index in [9.17, 15) is 10.2 Å². The van der Waals surface area contributed by atoms with E-state index in [1.165, 1.54) is 6.08 Å². The molecule has 3 N–H and O–H groups in total. The van der Waals surface area contributed by atoms with E-state index in [2.05, 4.69) is 10.2 Å². The molecule has 1 aromatic heterocycles.